The van der Waals surface area contributed by atoms with Crippen LogP contribution in [0.5, 0.6) is 0 Å². The fourth-order valence-corrected chi connectivity index (χ4v) is 3.93. The van der Waals surface area contributed by atoms with Crippen molar-refractivity contribution in [1.82, 2.24) is 15.6 Å². The highest BCUT2D eigenvalue weighted by Crippen LogP contribution is 2.21. The molecule has 0 radical (unpaired) electrons. The summed E-state index contributed by atoms with van der Waals surface area (Å²) < 4.78 is 13.9. The Morgan fingerprint density at radius 1 is 1.33 bits per heavy atom. The molecule has 148 valence electrons. The van der Waals surface area contributed by atoms with Gasteiger partial charge in [0, 0.05) is 41.6 Å². The standard InChI is InChI=1S/C19H26FN5S.HI/c1-3-15-7-8-16(26-15)12-23-19(21-4-2)24-14-9-11-25(13-14)18-17(20)6-5-10-22-18;/h5-8,10,14H,3-4,9,11-13H2,1-2H3,(H2,21,23,24);1H. The Labute approximate surface area is 181 Å². The van der Waals surface area contributed by atoms with Crippen molar-refractivity contribution in [3.8, 4) is 0 Å². The summed E-state index contributed by atoms with van der Waals surface area (Å²) in [5, 5.41) is 6.78. The first-order chi connectivity index (χ1) is 12.7. The zero-order chi connectivity index (χ0) is 18.4. The quantitative estimate of drug-likeness (QED) is 0.358. The van der Waals surface area contributed by atoms with E-state index in [1.807, 2.05) is 16.2 Å². The Morgan fingerprint density at radius 3 is 2.85 bits per heavy atom. The van der Waals surface area contributed by atoms with E-state index in [9.17, 15) is 4.39 Å². The summed E-state index contributed by atoms with van der Waals surface area (Å²) in [6, 6.07) is 7.63. The first-order valence-electron chi connectivity index (χ1n) is 9.17. The zero-order valence-electron chi connectivity index (χ0n) is 15.7. The van der Waals surface area contributed by atoms with Crippen LogP contribution in [0.1, 0.15) is 30.0 Å². The third-order valence-electron chi connectivity index (χ3n) is 4.37. The van der Waals surface area contributed by atoms with Crippen LogP contribution < -0.4 is 15.5 Å². The molecule has 2 aromatic heterocycles. The fourth-order valence-electron chi connectivity index (χ4n) is 3.05. The molecule has 1 aliphatic rings. The predicted octanol–water partition coefficient (Wildman–Crippen LogP) is 3.80. The summed E-state index contributed by atoms with van der Waals surface area (Å²) in [6.07, 6.45) is 3.63. The summed E-state index contributed by atoms with van der Waals surface area (Å²) in [5.41, 5.74) is 0. The van der Waals surface area contributed by atoms with Crippen molar-refractivity contribution in [1.29, 1.82) is 0 Å². The van der Waals surface area contributed by atoms with Gasteiger partial charge in [-0.25, -0.2) is 14.4 Å². The minimum absolute atomic E-state index is 0. The van der Waals surface area contributed by atoms with Gasteiger partial charge >= 0.3 is 0 Å². The lowest BCUT2D eigenvalue weighted by atomic mass is 10.3. The van der Waals surface area contributed by atoms with Crippen LogP contribution in [0, 0.1) is 5.82 Å². The number of aromatic nitrogens is 1. The van der Waals surface area contributed by atoms with Crippen LogP contribution in [0.25, 0.3) is 0 Å². The molecule has 0 bridgehead atoms. The molecule has 3 rings (SSSR count). The first kappa shape index (κ1) is 21.9. The number of rotatable bonds is 6. The maximum absolute atomic E-state index is 13.9. The maximum atomic E-state index is 13.9. The van der Waals surface area contributed by atoms with Crippen molar-refractivity contribution in [2.45, 2.75) is 39.3 Å². The normalized spacial score (nSPS) is 16.9. The lowest BCUT2D eigenvalue weighted by Crippen LogP contribution is -2.44. The van der Waals surface area contributed by atoms with Gasteiger partial charge in [-0.15, -0.1) is 35.3 Å². The Kier molecular flexibility index (Phi) is 8.75. The monoisotopic (exact) mass is 503 g/mol. The molecule has 1 fully saturated rings. The molecule has 5 nitrogen and oxygen atoms in total. The average molecular weight is 503 g/mol. The Hall–Kier alpha value is -1.42. The van der Waals surface area contributed by atoms with Crippen molar-refractivity contribution >= 4 is 47.1 Å². The highest BCUT2D eigenvalue weighted by atomic mass is 127. The van der Waals surface area contributed by atoms with E-state index in [2.05, 4.69) is 41.6 Å². The second-order valence-corrected chi connectivity index (χ2v) is 7.55. The highest BCUT2D eigenvalue weighted by molar-refractivity contribution is 14.0. The van der Waals surface area contributed by atoms with Gasteiger partial charge in [-0.2, -0.15) is 0 Å². The largest absolute Gasteiger partial charge is 0.357 e. The smallest absolute Gasteiger partial charge is 0.191 e. The third-order valence-corrected chi connectivity index (χ3v) is 5.58. The van der Waals surface area contributed by atoms with Crippen molar-refractivity contribution in [2.75, 3.05) is 24.5 Å². The van der Waals surface area contributed by atoms with E-state index in [-0.39, 0.29) is 35.8 Å². The van der Waals surface area contributed by atoms with Gasteiger partial charge in [0.1, 0.15) is 0 Å². The summed E-state index contributed by atoms with van der Waals surface area (Å²) in [5.74, 6) is 0.981. The van der Waals surface area contributed by atoms with Crippen LogP contribution in [0.15, 0.2) is 35.5 Å². The summed E-state index contributed by atoms with van der Waals surface area (Å²) in [4.78, 5) is 13.5. The van der Waals surface area contributed by atoms with Crippen LogP contribution in [0.2, 0.25) is 0 Å². The van der Waals surface area contributed by atoms with Crippen molar-refractivity contribution < 1.29 is 4.39 Å². The van der Waals surface area contributed by atoms with E-state index >= 15 is 0 Å². The number of hydrogen-bond donors (Lipinski definition) is 2. The second-order valence-electron chi connectivity index (χ2n) is 6.30. The summed E-state index contributed by atoms with van der Waals surface area (Å²) in [6.45, 7) is 7.21. The molecule has 2 N–H and O–H groups in total. The van der Waals surface area contributed by atoms with Gasteiger partial charge in [0.15, 0.2) is 17.6 Å². The molecule has 3 heterocycles. The van der Waals surface area contributed by atoms with Gasteiger partial charge in [-0.1, -0.05) is 6.92 Å². The molecule has 1 unspecified atom stereocenters. The Bertz CT molecular complexity index is 751. The van der Waals surface area contributed by atoms with Gasteiger partial charge in [-0.05, 0) is 44.0 Å². The van der Waals surface area contributed by atoms with E-state index in [1.54, 1.807) is 12.3 Å². The molecule has 2 aromatic rings. The minimum atomic E-state index is -0.266. The van der Waals surface area contributed by atoms with E-state index in [4.69, 9.17) is 4.99 Å². The molecule has 1 aliphatic heterocycles. The molecule has 27 heavy (non-hydrogen) atoms. The van der Waals surface area contributed by atoms with Crippen LogP contribution >= 0.6 is 35.3 Å². The average Bonchev–Trinajstić information content (AvgIpc) is 3.29. The van der Waals surface area contributed by atoms with Gasteiger partial charge < -0.3 is 15.5 Å². The lowest BCUT2D eigenvalue weighted by Gasteiger charge is -2.19. The fraction of sp³-hybridized carbons (Fsp3) is 0.474. The summed E-state index contributed by atoms with van der Waals surface area (Å²) in [7, 11) is 0. The molecule has 1 saturated heterocycles. The molecule has 0 aromatic carbocycles. The number of aryl methyl sites for hydroxylation is 1. The number of nitrogens with zero attached hydrogens (tertiary/aromatic N) is 3. The maximum Gasteiger partial charge on any atom is 0.191 e. The number of hydrogen-bond acceptors (Lipinski definition) is 4. The van der Waals surface area contributed by atoms with Gasteiger partial charge in [-0.3, -0.25) is 0 Å². The topological polar surface area (TPSA) is 52.6 Å². The SMILES string of the molecule is CCNC(=NCc1ccc(CC)s1)NC1CCN(c2ncccc2F)C1.I. The van der Waals surface area contributed by atoms with E-state index in [1.165, 1.54) is 15.8 Å². The first-order valence-corrected chi connectivity index (χ1v) is 9.99. The van der Waals surface area contributed by atoms with Crippen molar-refractivity contribution in [3.05, 3.63) is 46.0 Å². The highest BCUT2D eigenvalue weighted by Gasteiger charge is 2.25. The number of aliphatic imine (C=N–C) groups is 1. The molecule has 8 heteroatoms. The Balaban J connectivity index is 0.00000261. The van der Waals surface area contributed by atoms with E-state index in [0.29, 0.717) is 12.4 Å². The van der Waals surface area contributed by atoms with E-state index < -0.39 is 0 Å². The molecular formula is C19H27FIN5S. The van der Waals surface area contributed by atoms with Gasteiger partial charge in [0.05, 0.1) is 6.54 Å². The van der Waals surface area contributed by atoms with Gasteiger partial charge in [0.2, 0.25) is 0 Å². The molecule has 0 amide bonds. The molecular weight excluding hydrogens is 476 g/mol. The number of pyridine rings is 1. The van der Waals surface area contributed by atoms with Crippen molar-refractivity contribution in [2.24, 2.45) is 4.99 Å². The molecule has 0 saturated carbocycles. The Morgan fingerprint density at radius 2 is 2.15 bits per heavy atom. The molecule has 1 atom stereocenters. The number of nitrogens with one attached hydrogen (secondary N) is 2. The van der Waals surface area contributed by atoms with Crippen LogP contribution in [0.3, 0.4) is 0 Å². The molecule has 0 aliphatic carbocycles. The third kappa shape index (κ3) is 6.03. The van der Waals surface area contributed by atoms with Crippen molar-refractivity contribution in [3.63, 3.8) is 0 Å². The number of anilines is 1. The zero-order valence-corrected chi connectivity index (χ0v) is 18.9. The number of halogens is 2. The number of thiophene rings is 1. The van der Waals surface area contributed by atoms with Gasteiger partial charge in [0.25, 0.3) is 0 Å². The van der Waals surface area contributed by atoms with Crippen LogP contribution in [-0.2, 0) is 13.0 Å². The van der Waals surface area contributed by atoms with Crippen LogP contribution in [0.4, 0.5) is 10.2 Å². The van der Waals surface area contributed by atoms with Crippen LogP contribution in [-0.4, -0.2) is 36.6 Å². The second kappa shape index (κ2) is 10.8. The molecule has 0 spiro atoms. The predicted molar refractivity (Wildman–Crippen MR) is 122 cm³/mol. The van der Waals surface area contributed by atoms with E-state index in [0.717, 1.165) is 38.4 Å². The summed E-state index contributed by atoms with van der Waals surface area (Å²) >= 11 is 1.81. The minimum Gasteiger partial charge on any atom is -0.357 e. The lowest BCUT2D eigenvalue weighted by molar-refractivity contribution is 0.612. The number of guanidine groups is 1.